The third-order valence-electron chi connectivity index (χ3n) is 4.43. The molecule has 4 rings (SSSR count). The van der Waals surface area contributed by atoms with Crippen molar-refractivity contribution in [3.8, 4) is 5.75 Å². The number of carbonyl (C=O) groups excluding carboxylic acids is 1. The standard InChI is InChI=1S/C22H18N2O6S/c1-28-15-10-12-16(13-11-15)31(26,27)24-18-7-3-2-6-17(18)22(25)29-14-21-23-19-8-4-5-9-20(19)30-21/h2-13,24H,14H2,1H3. The Kier molecular flexibility index (Phi) is 5.59. The first-order chi connectivity index (χ1) is 15.0. The molecule has 8 nitrogen and oxygen atoms in total. The van der Waals surface area contributed by atoms with E-state index < -0.39 is 16.0 Å². The van der Waals surface area contributed by atoms with Crippen molar-refractivity contribution in [1.29, 1.82) is 0 Å². The van der Waals surface area contributed by atoms with Crippen LogP contribution in [0.2, 0.25) is 0 Å². The minimum Gasteiger partial charge on any atom is -0.497 e. The molecule has 0 saturated carbocycles. The summed E-state index contributed by atoms with van der Waals surface area (Å²) in [6.07, 6.45) is 0. The molecule has 0 spiro atoms. The van der Waals surface area contributed by atoms with Crippen molar-refractivity contribution in [1.82, 2.24) is 4.98 Å². The number of anilines is 1. The summed E-state index contributed by atoms with van der Waals surface area (Å²) in [5.74, 6) is 0.0586. The van der Waals surface area contributed by atoms with E-state index in [1.165, 1.54) is 43.5 Å². The van der Waals surface area contributed by atoms with Crippen LogP contribution in [0.15, 0.2) is 82.1 Å². The number of sulfonamides is 1. The molecule has 0 bridgehead atoms. The van der Waals surface area contributed by atoms with E-state index in [1.807, 2.05) is 12.1 Å². The molecule has 0 aliphatic carbocycles. The number of hydrogen-bond donors (Lipinski definition) is 1. The van der Waals surface area contributed by atoms with Crippen molar-refractivity contribution >= 4 is 32.8 Å². The number of carbonyl (C=O) groups is 1. The highest BCUT2D eigenvalue weighted by Gasteiger charge is 2.20. The van der Waals surface area contributed by atoms with Crippen molar-refractivity contribution in [2.45, 2.75) is 11.5 Å². The lowest BCUT2D eigenvalue weighted by Crippen LogP contribution is -2.16. The number of esters is 1. The summed E-state index contributed by atoms with van der Waals surface area (Å²) in [6, 6.07) is 19.3. The second kappa shape index (κ2) is 8.49. The van der Waals surface area contributed by atoms with Crippen LogP contribution in [-0.4, -0.2) is 26.5 Å². The zero-order valence-electron chi connectivity index (χ0n) is 16.4. The van der Waals surface area contributed by atoms with Gasteiger partial charge in [-0.3, -0.25) is 4.72 Å². The molecule has 0 fully saturated rings. The Hall–Kier alpha value is -3.85. The van der Waals surface area contributed by atoms with E-state index in [1.54, 1.807) is 24.3 Å². The van der Waals surface area contributed by atoms with Gasteiger partial charge in [-0.1, -0.05) is 24.3 Å². The van der Waals surface area contributed by atoms with Crippen LogP contribution in [-0.2, 0) is 21.4 Å². The molecule has 1 heterocycles. The summed E-state index contributed by atoms with van der Waals surface area (Å²) in [5.41, 5.74) is 1.40. The predicted molar refractivity (Wildman–Crippen MR) is 113 cm³/mol. The second-order valence-electron chi connectivity index (χ2n) is 6.48. The number of ether oxygens (including phenoxy) is 2. The molecular formula is C22H18N2O6S. The number of methoxy groups -OCH3 is 1. The topological polar surface area (TPSA) is 108 Å². The van der Waals surface area contributed by atoms with Crippen LogP contribution < -0.4 is 9.46 Å². The molecule has 0 unspecified atom stereocenters. The van der Waals surface area contributed by atoms with Crippen LogP contribution in [0.5, 0.6) is 5.75 Å². The average Bonchev–Trinajstić information content (AvgIpc) is 3.21. The molecular weight excluding hydrogens is 420 g/mol. The van der Waals surface area contributed by atoms with E-state index in [4.69, 9.17) is 13.9 Å². The molecule has 158 valence electrons. The highest BCUT2D eigenvalue weighted by molar-refractivity contribution is 7.92. The fourth-order valence-electron chi connectivity index (χ4n) is 2.90. The minimum atomic E-state index is -3.92. The zero-order chi connectivity index (χ0) is 21.8. The smallest absolute Gasteiger partial charge is 0.340 e. The Balaban J connectivity index is 1.51. The molecule has 31 heavy (non-hydrogen) atoms. The number of para-hydroxylation sites is 3. The van der Waals surface area contributed by atoms with Crippen molar-refractivity contribution in [2.75, 3.05) is 11.8 Å². The fourth-order valence-corrected chi connectivity index (χ4v) is 3.98. The van der Waals surface area contributed by atoms with Gasteiger partial charge in [-0.15, -0.1) is 0 Å². The number of aromatic nitrogens is 1. The number of nitrogens with one attached hydrogen (secondary N) is 1. The third kappa shape index (κ3) is 4.51. The Morgan fingerprint density at radius 3 is 2.45 bits per heavy atom. The van der Waals surface area contributed by atoms with E-state index in [2.05, 4.69) is 9.71 Å². The number of hydrogen-bond acceptors (Lipinski definition) is 7. The van der Waals surface area contributed by atoms with Crippen molar-refractivity contribution in [3.05, 3.63) is 84.3 Å². The molecule has 0 radical (unpaired) electrons. The van der Waals surface area contributed by atoms with Crippen LogP contribution in [0, 0.1) is 0 Å². The molecule has 1 aromatic heterocycles. The molecule has 4 aromatic rings. The third-order valence-corrected chi connectivity index (χ3v) is 5.81. The van der Waals surface area contributed by atoms with Crippen LogP contribution in [0.3, 0.4) is 0 Å². The Bertz CT molecular complexity index is 1300. The quantitative estimate of drug-likeness (QED) is 0.435. The van der Waals surface area contributed by atoms with Crippen molar-refractivity contribution in [3.63, 3.8) is 0 Å². The zero-order valence-corrected chi connectivity index (χ0v) is 17.3. The summed E-state index contributed by atoms with van der Waals surface area (Å²) < 4.78 is 43.7. The maximum atomic E-state index is 12.7. The number of rotatable bonds is 7. The van der Waals surface area contributed by atoms with Gasteiger partial charge in [-0.05, 0) is 48.5 Å². The molecule has 1 N–H and O–H groups in total. The molecule has 0 amide bonds. The van der Waals surface area contributed by atoms with Gasteiger partial charge in [0.25, 0.3) is 10.0 Å². The van der Waals surface area contributed by atoms with Crippen LogP contribution in [0.1, 0.15) is 16.2 Å². The van der Waals surface area contributed by atoms with Gasteiger partial charge in [0.1, 0.15) is 11.3 Å². The first kappa shape index (κ1) is 20.4. The van der Waals surface area contributed by atoms with Crippen LogP contribution in [0.25, 0.3) is 11.1 Å². The Labute approximate surface area is 178 Å². The van der Waals surface area contributed by atoms with Crippen molar-refractivity contribution < 1.29 is 27.1 Å². The normalized spacial score (nSPS) is 11.3. The fraction of sp³-hybridized carbons (Fsp3) is 0.0909. The number of oxazole rings is 1. The first-order valence-electron chi connectivity index (χ1n) is 9.24. The first-order valence-corrected chi connectivity index (χ1v) is 10.7. The summed E-state index contributed by atoms with van der Waals surface area (Å²) in [7, 11) is -2.43. The Morgan fingerprint density at radius 1 is 1.00 bits per heavy atom. The molecule has 0 aliphatic heterocycles. The number of benzene rings is 3. The Morgan fingerprint density at radius 2 is 1.71 bits per heavy atom. The largest absolute Gasteiger partial charge is 0.497 e. The van der Waals surface area contributed by atoms with E-state index in [9.17, 15) is 13.2 Å². The van der Waals surface area contributed by atoms with Crippen LogP contribution >= 0.6 is 0 Å². The summed E-state index contributed by atoms with van der Waals surface area (Å²) in [5, 5.41) is 0. The molecule has 9 heteroatoms. The number of fused-ring (bicyclic) bond motifs is 1. The van der Waals surface area contributed by atoms with Gasteiger partial charge in [0, 0.05) is 0 Å². The summed E-state index contributed by atoms with van der Waals surface area (Å²) in [4.78, 5) is 16.9. The highest BCUT2D eigenvalue weighted by atomic mass is 32.2. The predicted octanol–water partition coefficient (Wildman–Crippen LogP) is 3.99. The molecule has 0 aliphatic rings. The summed E-state index contributed by atoms with van der Waals surface area (Å²) in [6.45, 7) is -0.187. The van der Waals surface area contributed by atoms with Crippen molar-refractivity contribution in [2.24, 2.45) is 0 Å². The van der Waals surface area contributed by atoms with Gasteiger partial charge in [-0.2, -0.15) is 0 Å². The average molecular weight is 438 g/mol. The highest BCUT2D eigenvalue weighted by Crippen LogP contribution is 2.23. The van der Waals surface area contributed by atoms with Gasteiger partial charge in [-0.25, -0.2) is 18.2 Å². The second-order valence-corrected chi connectivity index (χ2v) is 8.16. The van der Waals surface area contributed by atoms with E-state index >= 15 is 0 Å². The van der Waals surface area contributed by atoms with Gasteiger partial charge in [0.05, 0.1) is 23.3 Å². The van der Waals surface area contributed by atoms with Gasteiger partial charge in [0.2, 0.25) is 5.89 Å². The SMILES string of the molecule is COc1ccc(S(=O)(=O)Nc2ccccc2C(=O)OCc2nc3ccccc3o2)cc1. The van der Waals surface area contributed by atoms with Gasteiger partial charge in [0.15, 0.2) is 12.2 Å². The van der Waals surface area contributed by atoms with Gasteiger partial charge >= 0.3 is 5.97 Å². The van der Waals surface area contributed by atoms with Gasteiger partial charge < -0.3 is 13.9 Å². The summed E-state index contributed by atoms with van der Waals surface area (Å²) >= 11 is 0. The number of nitrogens with zero attached hydrogens (tertiary/aromatic N) is 1. The lowest BCUT2D eigenvalue weighted by molar-refractivity contribution is 0.0441. The van der Waals surface area contributed by atoms with E-state index in [0.29, 0.717) is 16.8 Å². The monoisotopic (exact) mass is 438 g/mol. The maximum absolute atomic E-state index is 12.7. The molecule has 0 atom stereocenters. The van der Waals surface area contributed by atoms with E-state index in [0.717, 1.165) is 0 Å². The minimum absolute atomic E-state index is 0.0305. The lowest BCUT2D eigenvalue weighted by atomic mass is 10.2. The molecule has 0 saturated heterocycles. The lowest BCUT2D eigenvalue weighted by Gasteiger charge is -2.12. The van der Waals surface area contributed by atoms with Crippen LogP contribution in [0.4, 0.5) is 5.69 Å². The maximum Gasteiger partial charge on any atom is 0.340 e. The molecule has 3 aromatic carbocycles. The van der Waals surface area contributed by atoms with E-state index in [-0.39, 0.29) is 28.6 Å².